The summed E-state index contributed by atoms with van der Waals surface area (Å²) in [4.78, 5) is 0. The van der Waals surface area contributed by atoms with E-state index >= 15 is 0 Å². The van der Waals surface area contributed by atoms with Gasteiger partial charge >= 0.3 is 443 Å². The van der Waals surface area contributed by atoms with Gasteiger partial charge in [-0.05, 0) is 0 Å². The van der Waals surface area contributed by atoms with E-state index in [1.54, 1.807) is 22.3 Å². The van der Waals surface area contributed by atoms with Gasteiger partial charge < -0.3 is 0 Å². The Hall–Kier alpha value is -6.40. The maximum absolute atomic E-state index is 3.91. The number of rotatable bonds is 12. The van der Waals surface area contributed by atoms with E-state index < -0.39 is 20.3 Å². The molecule has 12 rings (SSSR count). The van der Waals surface area contributed by atoms with E-state index in [0.717, 1.165) is 0 Å². The topological polar surface area (TPSA) is 0 Å². The van der Waals surface area contributed by atoms with E-state index in [1.165, 1.54) is 156 Å². The number of benzene rings is 10. The van der Waals surface area contributed by atoms with E-state index in [1.807, 2.05) is 0 Å². The van der Waals surface area contributed by atoms with Crippen molar-refractivity contribution in [3.8, 4) is 66.8 Å². The fourth-order valence-electron chi connectivity index (χ4n) is 14.5. The molecule has 10 aromatic rings. The van der Waals surface area contributed by atoms with Gasteiger partial charge in [0.15, 0.2) is 0 Å². The van der Waals surface area contributed by atoms with Gasteiger partial charge in [-0.3, -0.25) is 0 Å². The summed E-state index contributed by atoms with van der Waals surface area (Å²) in [5, 5.41) is 5.24. The minimum atomic E-state index is -3.91. The van der Waals surface area contributed by atoms with Crippen molar-refractivity contribution in [2.24, 2.45) is 0 Å². The Balaban J connectivity index is 1.18. The van der Waals surface area contributed by atoms with Crippen LogP contribution in [0.25, 0.3) is 88.3 Å². The van der Waals surface area contributed by atoms with Crippen LogP contribution in [0.4, 0.5) is 0 Å². The predicted octanol–water partition coefficient (Wildman–Crippen LogP) is 20.9. The first kappa shape index (κ1) is 47.6. The molecule has 360 valence electrons. The van der Waals surface area contributed by atoms with E-state index in [2.05, 4.69) is 237 Å². The summed E-state index contributed by atoms with van der Waals surface area (Å²) in [5.74, 6) is 0. The second kappa shape index (κ2) is 19.1. The molecular weight excluding hydrogens is 956 g/mol. The molecule has 0 radical (unpaired) electrons. The Morgan fingerprint density at radius 2 is 0.658 bits per heavy atom. The van der Waals surface area contributed by atoms with Crippen molar-refractivity contribution >= 4 is 21.5 Å². The van der Waals surface area contributed by atoms with Gasteiger partial charge in [-0.2, -0.15) is 0 Å². The third-order valence-electron chi connectivity index (χ3n) is 17.3. The molecule has 0 aromatic heterocycles. The zero-order valence-corrected chi connectivity index (χ0v) is 46.7. The molecule has 73 heavy (non-hydrogen) atoms. The maximum atomic E-state index is 2.71. The quantitative estimate of drug-likeness (QED) is 0.114. The van der Waals surface area contributed by atoms with Gasteiger partial charge in [-0.1, -0.05) is 0 Å². The van der Waals surface area contributed by atoms with Gasteiger partial charge in [-0.15, -0.1) is 0 Å². The molecule has 0 saturated heterocycles. The normalized spacial score (nSPS) is 13.2. The summed E-state index contributed by atoms with van der Waals surface area (Å²) in [6.45, 7) is 18.7. The molecule has 0 saturated carbocycles. The number of hydrogen-bond acceptors (Lipinski definition) is 0. The third-order valence-corrected chi connectivity index (χ3v) is 32.3. The van der Waals surface area contributed by atoms with Crippen LogP contribution in [0.2, 0.25) is 8.26 Å². The number of unbranched alkanes of at least 4 members (excludes halogenated alkanes) is 2. The first-order valence-electron chi connectivity index (χ1n) is 27.3. The molecule has 0 bridgehead atoms. The van der Waals surface area contributed by atoms with Crippen LogP contribution in [0.1, 0.15) is 102 Å². The fraction of sp³-hybridized carbons (Fsp3) is 0.222. The van der Waals surface area contributed by atoms with Crippen LogP contribution in [0.15, 0.2) is 182 Å². The van der Waals surface area contributed by atoms with Crippen molar-refractivity contribution < 1.29 is 20.3 Å². The van der Waals surface area contributed by atoms with Crippen LogP contribution in [-0.4, -0.2) is 0 Å². The second-order valence-electron chi connectivity index (χ2n) is 22.1. The number of hydrogen-bond donors (Lipinski definition) is 0. The zero-order valence-electron chi connectivity index (χ0n) is 44.2. The summed E-state index contributed by atoms with van der Waals surface area (Å²) in [5.41, 5.74) is 31.1. The Morgan fingerprint density at radius 3 is 1.03 bits per heavy atom. The molecule has 0 N–H and O–H groups in total. The molecule has 0 amide bonds. The van der Waals surface area contributed by atoms with Gasteiger partial charge in [0.05, 0.1) is 0 Å². The van der Waals surface area contributed by atoms with Crippen LogP contribution in [-0.2, 0) is 20.3 Å². The van der Waals surface area contributed by atoms with Gasteiger partial charge in [0, 0.05) is 0 Å². The molecule has 0 heterocycles. The Labute approximate surface area is 439 Å². The van der Waals surface area contributed by atoms with Gasteiger partial charge in [0.2, 0.25) is 0 Å². The van der Waals surface area contributed by atoms with E-state index in [9.17, 15) is 0 Å². The average molecular weight is 1020 g/mol. The van der Waals surface area contributed by atoms with E-state index in [0.29, 0.717) is 7.25 Å². The molecule has 0 nitrogen and oxygen atoms in total. The van der Waals surface area contributed by atoms with Crippen molar-refractivity contribution in [1.29, 1.82) is 0 Å². The minimum absolute atomic E-state index is 0.337. The van der Waals surface area contributed by atoms with E-state index in [-0.39, 0.29) is 0 Å². The summed E-state index contributed by atoms with van der Waals surface area (Å²) in [7, 11) is 0. The first-order valence-corrected chi connectivity index (χ1v) is 33.6. The molecule has 0 unspecified atom stereocenters. The molecule has 2 aliphatic rings. The predicted molar refractivity (Wildman–Crippen MR) is 312 cm³/mol. The van der Waals surface area contributed by atoms with Crippen molar-refractivity contribution in [2.45, 2.75) is 96.6 Å². The van der Waals surface area contributed by atoms with Crippen LogP contribution >= 0.6 is 0 Å². The summed E-state index contributed by atoms with van der Waals surface area (Å²) >= 11 is -3.91. The van der Waals surface area contributed by atoms with Crippen molar-refractivity contribution in [1.82, 2.24) is 0 Å². The summed E-state index contributed by atoms with van der Waals surface area (Å²) in [6.07, 6.45) is 4.89. The molecular formula is C72H68Zr. The van der Waals surface area contributed by atoms with Gasteiger partial charge in [0.25, 0.3) is 0 Å². The van der Waals surface area contributed by atoms with Gasteiger partial charge in [0.1, 0.15) is 0 Å². The summed E-state index contributed by atoms with van der Waals surface area (Å²) < 4.78 is 3.34. The SMILES string of the molecule is CCC[CH2][Zr]([CH2]CCC)([CH]1c2cc(-c3c(C)cc(C)cc3C)ccc2-c2ccc(-c3c(C)cc(C)cc3C)cc21)[CH]1c2cc(-c3cccc4ccccc34)ccc2-c2ccc(-c3cccc4ccccc34)cc21. The molecule has 10 aromatic carbocycles. The number of fused-ring (bicyclic) bond motifs is 8. The molecule has 0 spiro atoms. The van der Waals surface area contributed by atoms with Crippen molar-refractivity contribution in [3.05, 3.63) is 238 Å². The Bertz CT molecular complexity index is 3510. The molecule has 0 aliphatic heterocycles. The van der Waals surface area contributed by atoms with Crippen molar-refractivity contribution in [3.63, 3.8) is 0 Å². The van der Waals surface area contributed by atoms with Crippen LogP contribution in [0.3, 0.4) is 0 Å². The zero-order chi connectivity index (χ0) is 50.1. The second-order valence-corrected chi connectivity index (χ2v) is 33.5. The van der Waals surface area contributed by atoms with Crippen LogP contribution in [0.5, 0.6) is 0 Å². The fourth-order valence-corrected chi connectivity index (χ4v) is 32.2. The standard InChI is InChI=1S/C33H21.C31H29.2C4H9.Zr/c1-3-11-28-22(7-1)9-5-13-30(28)24-15-17-32-26(19-24)21-27-20-25(16-18-33(27)32)31-14-6-10-23-8-2-4-12-29(23)31;1-18-11-20(3)30(21(4)12-18)24-7-9-28-26(15-24)17-27-16-25(8-10-29(27)28)31-22(5)13-19(2)14-23(31)6;2*1-3-4-2;/h1-21H;7-17H,1-6H3;2*1,3-4H2,2H3;. The molecule has 1 heteroatoms. The number of aryl methyl sites for hydroxylation is 6. The third kappa shape index (κ3) is 8.05. The van der Waals surface area contributed by atoms with Crippen LogP contribution < -0.4 is 0 Å². The Morgan fingerprint density at radius 1 is 0.329 bits per heavy atom. The molecule has 2 aliphatic carbocycles. The Kier molecular flexibility index (Phi) is 12.5. The molecule has 0 atom stereocenters. The van der Waals surface area contributed by atoms with Crippen LogP contribution in [0, 0.1) is 41.5 Å². The monoisotopic (exact) mass is 1020 g/mol. The van der Waals surface area contributed by atoms with E-state index in [4.69, 9.17) is 0 Å². The molecule has 0 fully saturated rings. The van der Waals surface area contributed by atoms with Crippen molar-refractivity contribution in [2.75, 3.05) is 0 Å². The first-order chi connectivity index (χ1) is 35.6. The van der Waals surface area contributed by atoms with Gasteiger partial charge in [-0.25, -0.2) is 0 Å². The summed E-state index contributed by atoms with van der Waals surface area (Å²) in [6, 6.07) is 72.1. The average Bonchev–Trinajstić information content (AvgIpc) is 3.90.